The number of carbonyl (C=O) groups excluding carboxylic acids is 1. The topological polar surface area (TPSA) is 79.8 Å². The van der Waals surface area contributed by atoms with Crippen LogP contribution in [0.15, 0.2) is 24.4 Å². The zero-order valence-corrected chi connectivity index (χ0v) is 17.0. The Morgan fingerprint density at radius 3 is 2.89 bits per heavy atom. The van der Waals surface area contributed by atoms with E-state index in [-0.39, 0.29) is 23.5 Å². The summed E-state index contributed by atoms with van der Waals surface area (Å²) < 4.78 is 28.6. The van der Waals surface area contributed by atoms with Crippen molar-refractivity contribution in [2.24, 2.45) is 11.3 Å². The third-order valence-electron chi connectivity index (χ3n) is 5.70. The van der Waals surface area contributed by atoms with Crippen molar-refractivity contribution >= 4 is 15.7 Å². The molecule has 0 N–H and O–H groups in total. The lowest BCUT2D eigenvalue weighted by Crippen LogP contribution is -2.38. The summed E-state index contributed by atoms with van der Waals surface area (Å²) in [6, 6.07) is 5.79. The smallest absolute Gasteiger partial charge is 0.223 e. The number of hydrogen-bond donors (Lipinski definition) is 0. The quantitative estimate of drug-likeness (QED) is 0.680. The first-order chi connectivity index (χ1) is 12.8. The van der Waals surface area contributed by atoms with Crippen molar-refractivity contribution in [1.82, 2.24) is 14.8 Å². The zero-order chi connectivity index (χ0) is 19.5. The van der Waals surface area contributed by atoms with E-state index in [1.807, 2.05) is 23.1 Å². The summed E-state index contributed by atoms with van der Waals surface area (Å²) in [6.45, 7) is 4.43. The van der Waals surface area contributed by atoms with Gasteiger partial charge in [-0.25, -0.2) is 8.42 Å². The van der Waals surface area contributed by atoms with Crippen molar-refractivity contribution in [2.45, 2.75) is 19.4 Å². The fourth-order valence-electron chi connectivity index (χ4n) is 4.32. The number of sulfone groups is 1. The fraction of sp³-hybridized carbons (Fsp3) is 0.684. The predicted octanol–water partition coefficient (Wildman–Crippen LogP) is 0.813. The Balaban J connectivity index is 1.56. The highest BCUT2D eigenvalue weighted by Gasteiger charge is 2.50. The molecule has 0 unspecified atom stereocenters. The van der Waals surface area contributed by atoms with Crippen LogP contribution >= 0.6 is 0 Å². The summed E-state index contributed by atoms with van der Waals surface area (Å²) >= 11 is 0. The lowest BCUT2D eigenvalue weighted by atomic mass is 9.77. The van der Waals surface area contributed by atoms with Crippen molar-refractivity contribution < 1.29 is 17.9 Å². The normalized spacial score (nSPS) is 26.1. The third kappa shape index (κ3) is 5.27. The molecule has 1 aromatic rings. The molecule has 2 atom stereocenters. The Labute approximate surface area is 161 Å². The fourth-order valence-corrected chi connectivity index (χ4v) is 4.87. The highest BCUT2D eigenvalue weighted by atomic mass is 32.2. The van der Waals surface area contributed by atoms with Gasteiger partial charge in [-0.1, -0.05) is 6.07 Å². The van der Waals surface area contributed by atoms with E-state index < -0.39 is 9.84 Å². The molecular formula is C19H29N3O4S. The highest BCUT2D eigenvalue weighted by Crippen LogP contribution is 2.43. The SMILES string of the molecule is CN1C[C@H](COCc2ccccn2)[C@]2(CCN(C(=O)CCS(C)(=O)=O)C2)C1. The van der Waals surface area contributed by atoms with E-state index in [4.69, 9.17) is 4.74 Å². The minimum Gasteiger partial charge on any atom is -0.375 e. The zero-order valence-electron chi connectivity index (χ0n) is 16.1. The number of carbonyl (C=O) groups is 1. The summed E-state index contributed by atoms with van der Waals surface area (Å²) in [6.07, 6.45) is 3.96. The van der Waals surface area contributed by atoms with Gasteiger partial charge >= 0.3 is 0 Å². The number of nitrogens with zero attached hydrogens (tertiary/aromatic N) is 3. The second-order valence-electron chi connectivity index (χ2n) is 8.04. The largest absolute Gasteiger partial charge is 0.375 e. The van der Waals surface area contributed by atoms with E-state index in [0.717, 1.165) is 25.2 Å². The molecule has 27 heavy (non-hydrogen) atoms. The van der Waals surface area contributed by atoms with Gasteiger partial charge in [-0.3, -0.25) is 9.78 Å². The summed E-state index contributed by atoms with van der Waals surface area (Å²) in [5, 5.41) is 0. The van der Waals surface area contributed by atoms with Gasteiger partial charge in [-0.15, -0.1) is 0 Å². The van der Waals surface area contributed by atoms with E-state index in [0.29, 0.717) is 32.2 Å². The molecule has 2 aliphatic heterocycles. The van der Waals surface area contributed by atoms with Crippen molar-refractivity contribution in [2.75, 3.05) is 51.8 Å². The molecule has 1 aromatic heterocycles. The summed E-state index contributed by atoms with van der Waals surface area (Å²) in [5.41, 5.74) is 0.960. The van der Waals surface area contributed by atoms with Gasteiger partial charge in [0.25, 0.3) is 0 Å². The van der Waals surface area contributed by atoms with Gasteiger partial charge in [0.1, 0.15) is 9.84 Å². The van der Waals surface area contributed by atoms with Crippen molar-refractivity contribution in [1.29, 1.82) is 0 Å². The maximum absolute atomic E-state index is 12.4. The number of hydrogen-bond acceptors (Lipinski definition) is 6. The van der Waals surface area contributed by atoms with E-state index in [1.54, 1.807) is 6.20 Å². The number of pyridine rings is 1. The molecule has 2 saturated heterocycles. The second-order valence-corrected chi connectivity index (χ2v) is 10.3. The summed E-state index contributed by atoms with van der Waals surface area (Å²) in [4.78, 5) is 20.9. The molecule has 1 spiro atoms. The molecule has 0 bridgehead atoms. The van der Waals surface area contributed by atoms with Gasteiger partial charge in [0.05, 0.1) is 24.7 Å². The minimum atomic E-state index is -3.12. The Morgan fingerprint density at radius 2 is 2.19 bits per heavy atom. The molecule has 0 radical (unpaired) electrons. The molecule has 1 amide bonds. The predicted molar refractivity (Wildman–Crippen MR) is 103 cm³/mol. The monoisotopic (exact) mass is 395 g/mol. The van der Waals surface area contributed by atoms with E-state index >= 15 is 0 Å². The minimum absolute atomic E-state index is 0.0413. The molecular weight excluding hydrogens is 366 g/mol. The first-order valence-corrected chi connectivity index (χ1v) is 11.5. The first-order valence-electron chi connectivity index (χ1n) is 9.39. The maximum atomic E-state index is 12.4. The maximum Gasteiger partial charge on any atom is 0.223 e. The average Bonchev–Trinajstić information content (AvgIpc) is 3.17. The van der Waals surface area contributed by atoms with E-state index in [1.165, 1.54) is 6.26 Å². The molecule has 2 aliphatic rings. The van der Waals surface area contributed by atoms with Crippen molar-refractivity contribution in [3.63, 3.8) is 0 Å². The van der Waals surface area contributed by atoms with Gasteiger partial charge < -0.3 is 14.5 Å². The standard InChI is InChI=1S/C19H29N3O4S/c1-21-11-16(12-26-13-17-5-3-4-8-20-17)19(14-21)7-9-22(15-19)18(23)6-10-27(2,24)25/h3-5,8,16H,6-7,9-15H2,1-2H3/t16-,19-/m1/s1. The van der Waals surface area contributed by atoms with Crippen LogP contribution in [0.2, 0.25) is 0 Å². The summed E-state index contributed by atoms with van der Waals surface area (Å²) in [5.74, 6) is 0.227. The molecule has 8 heteroatoms. The molecule has 3 heterocycles. The van der Waals surface area contributed by atoms with Crippen LogP contribution in [0.4, 0.5) is 0 Å². The Hall–Kier alpha value is -1.51. The number of likely N-dealkylation sites (tertiary alicyclic amines) is 2. The molecule has 0 aromatic carbocycles. The Morgan fingerprint density at radius 1 is 1.37 bits per heavy atom. The number of ether oxygens (including phenoxy) is 1. The van der Waals surface area contributed by atoms with Gasteiger partial charge in [0, 0.05) is 56.4 Å². The lowest BCUT2D eigenvalue weighted by Gasteiger charge is -2.30. The Kier molecular flexibility index (Phi) is 6.18. The van der Waals surface area contributed by atoms with Gasteiger partial charge in [0.2, 0.25) is 5.91 Å². The van der Waals surface area contributed by atoms with Crippen LogP contribution in [0.5, 0.6) is 0 Å². The number of rotatable bonds is 7. The first kappa shape index (κ1) is 20.2. The van der Waals surface area contributed by atoms with Gasteiger partial charge in [0.15, 0.2) is 0 Å². The van der Waals surface area contributed by atoms with Crippen LogP contribution in [0.1, 0.15) is 18.5 Å². The number of aromatic nitrogens is 1. The van der Waals surface area contributed by atoms with Crippen molar-refractivity contribution in [3.05, 3.63) is 30.1 Å². The molecule has 0 saturated carbocycles. The van der Waals surface area contributed by atoms with Crippen LogP contribution in [0.3, 0.4) is 0 Å². The second kappa shape index (κ2) is 8.24. The average molecular weight is 396 g/mol. The van der Waals surface area contributed by atoms with E-state index in [9.17, 15) is 13.2 Å². The molecule has 3 rings (SSSR count). The molecule has 150 valence electrons. The van der Waals surface area contributed by atoms with Crippen LogP contribution in [-0.2, 0) is 26.0 Å². The highest BCUT2D eigenvalue weighted by molar-refractivity contribution is 7.90. The van der Waals surface area contributed by atoms with Crippen molar-refractivity contribution in [3.8, 4) is 0 Å². The van der Waals surface area contributed by atoms with Gasteiger partial charge in [-0.05, 0) is 25.6 Å². The van der Waals surface area contributed by atoms with Crippen LogP contribution < -0.4 is 0 Å². The van der Waals surface area contributed by atoms with Gasteiger partial charge in [-0.2, -0.15) is 0 Å². The third-order valence-corrected chi connectivity index (χ3v) is 6.65. The lowest BCUT2D eigenvalue weighted by molar-refractivity contribution is -0.130. The molecule has 7 nitrogen and oxygen atoms in total. The number of amides is 1. The van der Waals surface area contributed by atoms with Crippen LogP contribution in [-0.4, -0.2) is 81.0 Å². The summed E-state index contributed by atoms with van der Waals surface area (Å²) in [7, 11) is -1.01. The molecule has 2 fully saturated rings. The van der Waals surface area contributed by atoms with Crippen LogP contribution in [0.25, 0.3) is 0 Å². The van der Waals surface area contributed by atoms with Crippen LogP contribution in [0, 0.1) is 11.3 Å². The molecule has 0 aliphatic carbocycles. The van der Waals surface area contributed by atoms with E-state index in [2.05, 4.69) is 16.9 Å². The Bertz CT molecular complexity index is 755.